The van der Waals surface area contributed by atoms with Gasteiger partial charge >= 0.3 is 26.5 Å². The van der Waals surface area contributed by atoms with E-state index in [1.165, 1.54) is 24.6 Å². The number of fused-ring (bicyclic) bond motifs is 2. The maximum atomic E-state index is 13.3. The van der Waals surface area contributed by atoms with Gasteiger partial charge in [0, 0.05) is 53.0 Å². The van der Waals surface area contributed by atoms with Crippen molar-refractivity contribution < 1.29 is 28.0 Å². The van der Waals surface area contributed by atoms with Crippen molar-refractivity contribution in [3.63, 3.8) is 0 Å². The summed E-state index contributed by atoms with van der Waals surface area (Å²) in [6.45, 7) is 15.9. The summed E-state index contributed by atoms with van der Waals surface area (Å²) in [5.74, 6) is 0.576. The predicted octanol–water partition coefficient (Wildman–Crippen LogP) is 8.96. The zero-order chi connectivity index (χ0) is 54.3. The Hall–Kier alpha value is -7.12. The van der Waals surface area contributed by atoms with Gasteiger partial charge in [0.05, 0.1) is 29.6 Å². The Labute approximate surface area is 450 Å². The van der Waals surface area contributed by atoms with Gasteiger partial charge in [0.15, 0.2) is 0 Å². The second-order valence-corrected chi connectivity index (χ2v) is 30.5. The lowest BCUT2D eigenvalue weighted by atomic mass is 10.1. The Bertz CT molecular complexity index is 2970. The van der Waals surface area contributed by atoms with Gasteiger partial charge < -0.3 is 33.6 Å². The van der Waals surface area contributed by atoms with E-state index in [4.69, 9.17) is 23.8 Å². The number of benzene rings is 5. The van der Waals surface area contributed by atoms with E-state index in [0.29, 0.717) is 31.1 Å². The van der Waals surface area contributed by atoms with Crippen LogP contribution in [0.25, 0.3) is 0 Å². The molecule has 0 fully saturated rings. The number of carbonyl (C=O) groups is 3. The van der Waals surface area contributed by atoms with E-state index in [-0.39, 0.29) is 35.3 Å². The van der Waals surface area contributed by atoms with Crippen LogP contribution < -0.4 is 30.5 Å². The van der Waals surface area contributed by atoms with Crippen molar-refractivity contribution in [1.82, 2.24) is 39.6 Å². The lowest BCUT2D eigenvalue weighted by Gasteiger charge is -2.45. The first-order chi connectivity index (χ1) is 36.4. The lowest BCUT2D eigenvalue weighted by Crippen LogP contribution is -2.69. The fourth-order valence-corrected chi connectivity index (χ4v) is 19.6. The van der Waals surface area contributed by atoms with Crippen molar-refractivity contribution in [3.8, 4) is 5.88 Å². The molecule has 4 heterocycles. The number of aromatic nitrogens is 4. The topological polar surface area (TPSA) is 136 Å². The average molecular weight is 1060 g/mol. The van der Waals surface area contributed by atoms with Crippen molar-refractivity contribution >= 4 is 55.5 Å². The van der Waals surface area contributed by atoms with Crippen LogP contribution in [0.1, 0.15) is 88.6 Å². The molecule has 5 aromatic carbocycles. The number of hydrogen-bond acceptors (Lipinski definition) is 9. The van der Waals surface area contributed by atoms with Gasteiger partial charge in [-0.15, -0.1) is 4.68 Å². The van der Waals surface area contributed by atoms with Crippen molar-refractivity contribution in [1.29, 1.82) is 0 Å². The highest BCUT2D eigenvalue weighted by atomic mass is 28.4. The van der Waals surface area contributed by atoms with Gasteiger partial charge in [-0.1, -0.05) is 193 Å². The third-order valence-electron chi connectivity index (χ3n) is 14.2. The molecule has 16 heteroatoms. The highest BCUT2D eigenvalue weighted by Crippen LogP contribution is 2.43. The molecule has 0 aliphatic carbocycles. The van der Waals surface area contributed by atoms with Crippen LogP contribution in [0.2, 0.25) is 10.1 Å². The molecular weight excluding hydrogens is 985 g/mol. The molecule has 398 valence electrons. The van der Waals surface area contributed by atoms with Crippen LogP contribution in [0.15, 0.2) is 158 Å². The van der Waals surface area contributed by atoms with Crippen LogP contribution in [-0.4, -0.2) is 110 Å². The average Bonchev–Trinajstić information content (AvgIpc) is 3.84. The summed E-state index contributed by atoms with van der Waals surface area (Å²) in [6, 6.07) is 51.1. The van der Waals surface area contributed by atoms with Gasteiger partial charge in [-0.25, -0.2) is 14.4 Å². The zero-order valence-electron chi connectivity index (χ0n) is 45.8. The van der Waals surface area contributed by atoms with Crippen LogP contribution in [0.3, 0.4) is 0 Å². The highest BCUT2D eigenvalue weighted by molar-refractivity contribution is 7.00. The van der Waals surface area contributed by atoms with E-state index >= 15 is 0 Å². The minimum Gasteiger partial charge on any atom is -0.521 e. The summed E-state index contributed by atoms with van der Waals surface area (Å²) in [6.07, 6.45) is 3.18. The van der Waals surface area contributed by atoms with Gasteiger partial charge in [-0.05, 0) is 62.2 Å². The molecule has 1 unspecified atom stereocenters. The first kappa shape index (κ1) is 55.1. The number of rotatable bonds is 10. The summed E-state index contributed by atoms with van der Waals surface area (Å²) in [7, 11) is 1.03. The Balaban J connectivity index is 0.000000209. The molecule has 0 saturated carbocycles. The van der Waals surface area contributed by atoms with E-state index in [1.807, 2.05) is 54.6 Å². The predicted molar refractivity (Wildman–Crippen MR) is 305 cm³/mol. The van der Waals surface area contributed by atoms with Crippen molar-refractivity contribution in [2.45, 2.75) is 96.7 Å². The summed E-state index contributed by atoms with van der Waals surface area (Å²) < 4.78 is 23.3. The van der Waals surface area contributed by atoms with Gasteiger partial charge in [0.2, 0.25) is 5.88 Å². The third kappa shape index (κ3) is 11.5. The number of carbonyl (C=O) groups excluding carboxylic acids is 3. The monoisotopic (exact) mass is 1060 g/mol. The van der Waals surface area contributed by atoms with Crippen LogP contribution in [0, 0.1) is 0 Å². The standard InChI is InChI=1S/C34H40N4O4Si.C26H34N4O2Si/c1-34(2,3)43(28-17-11-7-12-18-28,29-19-13-8-14-20-29)42-30-21-22-37(33(40)41-25-26-15-9-6-10-16-26)23-27-24-38(35-31(27)30)32(39)36(4)5;1-26(2,3)33(20-13-8-6-9-14-20,21-15-10-7-11-16-21)32-24-22-19-27-18-12-17-23(22)28-30(24)25(31)29(4)5/h6-20,24,30H,21-23,25H2,1-5H3;6-11,13-16,27H,12,17-19H2,1-5H3. The van der Waals surface area contributed by atoms with Crippen LogP contribution in [0.5, 0.6) is 5.88 Å². The normalized spacial score (nSPS) is 14.9. The number of ether oxygens (including phenoxy) is 1. The molecule has 2 aliphatic heterocycles. The van der Waals surface area contributed by atoms with Crippen molar-refractivity contribution in [2.24, 2.45) is 0 Å². The summed E-state index contributed by atoms with van der Waals surface area (Å²) in [5, 5.41) is 17.2. The first-order valence-electron chi connectivity index (χ1n) is 26.2. The van der Waals surface area contributed by atoms with Gasteiger partial charge in [-0.2, -0.15) is 14.9 Å². The first-order valence-corrected chi connectivity index (χ1v) is 30.0. The number of amides is 3. The van der Waals surface area contributed by atoms with E-state index in [9.17, 15) is 14.4 Å². The fourth-order valence-electron chi connectivity index (χ4n) is 10.5. The number of aryl methyl sites for hydroxylation is 1. The van der Waals surface area contributed by atoms with Gasteiger partial charge in [0.25, 0.3) is 8.32 Å². The molecule has 1 atom stereocenters. The quantitative estimate of drug-likeness (QED) is 0.133. The molecule has 2 aromatic heterocycles. The summed E-state index contributed by atoms with van der Waals surface area (Å²) >= 11 is 0. The molecule has 2 aliphatic rings. The molecule has 0 spiro atoms. The second-order valence-electron chi connectivity index (χ2n) is 22.0. The summed E-state index contributed by atoms with van der Waals surface area (Å²) in [5.41, 5.74) is 4.32. The second kappa shape index (κ2) is 23.4. The Morgan fingerprint density at radius 3 is 1.63 bits per heavy atom. The molecule has 0 radical (unpaired) electrons. The highest BCUT2D eigenvalue weighted by Gasteiger charge is 2.54. The van der Waals surface area contributed by atoms with Crippen LogP contribution in [0.4, 0.5) is 14.4 Å². The van der Waals surface area contributed by atoms with Crippen LogP contribution in [-0.2, 0) is 35.3 Å². The molecule has 14 nitrogen and oxygen atoms in total. The third-order valence-corrected chi connectivity index (χ3v) is 24.2. The smallest absolute Gasteiger partial charge is 0.410 e. The molecule has 3 amide bonds. The molecule has 0 saturated heterocycles. The molecule has 9 rings (SSSR count). The molecule has 1 N–H and O–H groups in total. The number of hydrogen-bond donors (Lipinski definition) is 1. The number of nitrogens with zero attached hydrogens (tertiary/aromatic N) is 7. The lowest BCUT2D eigenvalue weighted by molar-refractivity contribution is 0.0890. The number of nitrogens with one attached hydrogen (secondary N) is 1. The maximum absolute atomic E-state index is 13.3. The largest absolute Gasteiger partial charge is 0.521 e. The van der Waals surface area contributed by atoms with Crippen LogP contribution >= 0.6 is 0 Å². The van der Waals surface area contributed by atoms with Gasteiger partial charge in [0.1, 0.15) is 6.61 Å². The minimum absolute atomic E-state index is 0.184. The van der Waals surface area contributed by atoms with E-state index < -0.39 is 28.8 Å². The fraction of sp³-hybridized carbons (Fsp3) is 0.350. The van der Waals surface area contributed by atoms with Crippen molar-refractivity contribution in [3.05, 3.63) is 186 Å². The van der Waals surface area contributed by atoms with E-state index in [2.05, 4.69) is 144 Å². The Morgan fingerprint density at radius 2 is 1.14 bits per heavy atom. The SMILES string of the molecule is CN(C)C(=O)n1cc2c(n1)C(O[Si](c1ccccc1)(c1ccccc1)C(C)(C)C)CCN(C(=O)OCc1ccccc1)C2.CN(C)C(=O)n1nc2c(c1O[Si](c1ccccc1)(c1ccccc1)C(C)(C)C)CNCCC2. The van der Waals surface area contributed by atoms with E-state index in [0.717, 1.165) is 52.1 Å². The van der Waals surface area contributed by atoms with Crippen molar-refractivity contribution in [2.75, 3.05) is 41.3 Å². The molecule has 76 heavy (non-hydrogen) atoms. The van der Waals surface area contributed by atoms with E-state index in [1.54, 1.807) is 44.2 Å². The Kier molecular flexibility index (Phi) is 17.0. The Morgan fingerprint density at radius 1 is 0.658 bits per heavy atom. The van der Waals surface area contributed by atoms with Gasteiger partial charge in [-0.3, -0.25) is 0 Å². The summed E-state index contributed by atoms with van der Waals surface area (Å²) in [4.78, 5) is 44.3. The minimum atomic E-state index is -2.96. The molecular formula is C60H74N8O6Si2. The molecule has 0 bridgehead atoms. The maximum Gasteiger partial charge on any atom is 0.410 e. The zero-order valence-corrected chi connectivity index (χ0v) is 47.8. The molecule has 7 aromatic rings.